The van der Waals surface area contributed by atoms with Crippen LogP contribution in [0.5, 0.6) is 5.75 Å². The number of benzene rings is 3. The van der Waals surface area contributed by atoms with Crippen molar-refractivity contribution in [2.45, 2.75) is 37.3 Å². The molecule has 1 fully saturated rings. The summed E-state index contributed by atoms with van der Waals surface area (Å²) in [5, 5.41) is 3.60. The van der Waals surface area contributed by atoms with Gasteiger partial charge >= 0.3 is 6.09 Å². The Morgan fingerprint density at radius 1 is 1.03 bits per heavy atom. The summed E-state index contributed by atoms with van der Waals surface area (Å²) >= 11 is 0. The molecule has 2 atom stereocenters. The molecule has 0 bridgehead atoms. The van der Waals surface area contributed by atoms with Crippen LogP contribution < -0.4 is 10.1 Å². The summed E-state index contributed by atoms with van der Waals surface area (Å²) in [6.07, 6.45) is 2.36. The first-order valence-corrected chi connectivity index (χ1v) is 11.6. The number of amides is 1. The molecule has 1 amide bonds. The van der Waals surface area contributed by atoms with E-state index in [2.05, 4.69) is 41.7 Å². The van der Waals surface area contributed by atoms with E-state index < -0.39 is 0 Å². The van der Waals surface area contributed by atoms with E-state index in [0.29, 0.717) is 13.2 Å². The van der Waals surface area contributed by atoms with Crippen molar-refractivity contribution < 1.29 is 14.3 Å². The molecule has 0 aromatic heterocycles. The Labute approximate surface area is 195 Å². The van der Waals surface area contributed by atoms with Gasteiger partial charge in [0.05, 0.1) is 7.11 Å². The minimum atomic E-state index is -0.230. The SMILES string of the molecule is COc1ccc2c(c1)C1(CCN(C(=O)OCc3ccccc3)C(Cc3ccccc3)C1)CN2. The monoisotopic (exact) mass is 442 g/mol. The molecule has 1 N–H and O–H groups in total. The van der Waals surface area contributed by atoms with Crippen LogP contribution in [0.2, 0.25) is 0 Å². The molecule has 0 aliphatic carbocycles. The Kier molecular flexibility index (Phi) is 5.95. The van der Waals surface area contributed by atoms with Crippen LogP contribution in [0.25, 0.3) is 0 Å². The van der Waals surface area contributed by atoms with Gasteiger partial charge in [0.1, 0.15) is 12.4 Å². The summed E-state index contributed by atoms with van der Waals surface area (Å²) in [5.74, 6) is 0.876. The van der Waals surface area contributed by atoms with Gasteiger partial charge in [-0.15, -0.1) is 0 Å². The van der Waals surface area contributed by atoms with Crippen LogP contribution in [0.4, 0.5) is 10.5 Å². The van der Waals surface area contributed by atoms with E-state index in [4.69, 9.17) is 9.47 Å². The molecule has 3 aromatic carbocycles. The van der Waals surface area contributed by atoms with Crippen molar-refractivity contribution in [3.63, 3.8) is 0 Å². The highest BCUT2D eigenvalue weighted by atomic mass is 16.6. The number of hydrogen-bond acceptors (Lipinski definition) is 4. The molecule has 2 aliphatic heterocycles. The number of ether oxygens (including phenoxy) is 2. The van der Waals surface area contributed by atoms with Gasteiger partial charge in [0.15, 0.2) is 0 Å². The van der Waals surface area contributed by atoms with Crippen molar-refractivity contribution in [1.82, 2.24) is 4.90 Å². The van der Waals surface area contributed by atoms with Gasteiger partial charge in [-0.3, -0.25) is 0 Å². The molecule has 1 saturated heterocycles. The highest BCUT2D eigenvalue weighted by Crippen LogP contribution is 2.47. The number of nitrogens with zero attached hydrogens (tertiary/aromatic N) is 1. The molecule has 33 heavy (non-hydrogen) atoms. The van der Waals surface area contributed by atoms with Gasteiger partial charge in [0.2, 0.25) is 0 Å². The number of hydrogen-bond donors (Lipinski definition) is 1. The molecule has 0 saturated carbocycles. The van der Waals surface area contributed by atoms with Gasteiger partial charge in [-0.25, -0.2) is 4.79 Å². The summed E-state index contributed by atoms with van der Waals surface area (Å²) in [6, 6.07) is 26.6. The predicted octanol–water partition coefficient (Wildman–Crippen LogP) is 5.40. The van der Waals surface area contributed by atoms with Crippen LogP contribution in [-0.2, 0) is 23.2 Å². The second-order valence-electron chi connectivity index (χ2n) is 9.08. The van der Waals surface area contributed by atoms with Crippen molar-refractivity contribution in [3.05, 3.63) is 95.6 Å². The lowest BCUT2D eigenvalue weighted by Crippen LogP contribution is -2.53. The number of likely N-dealkylation sites (tertiary alicyclic amines) is 1. The fraction of sp³-hybridized carbons (Fsp3) is 0.321. The van der Waals surface area contributed by atoms with Gasteiger partial charge in [-0.1, -0.05) is 60.7 Å². The number of fused-ring (bicyclic) bond motifs is 2. The predicted molar refractivity (Wildman–Crippen MR) is 130 cm³/mol. The van der Waals surface area contributed by atoms with E-state index in [-0.39, 0.29) is 17.6 Å². The zero-order valence-corrected chi connectivity index (χ0v) is 19.0. The van der Waals surface area contributed by atoms with Gasteiger partial charge in [0.25, 0.3) is 0 Å². The number of carbonyl (C=O) groups excluding carboxylic acids is 1. The van der Waals surface area contributed by atoms with Gasteiger partial charge in [-0.05, 0) is 54.2 Å². The molecule has 5 heteroatoms. The Hall–Kier alpha value is -3.47. The maximum absolute atomic E-state index is 13.2. The lowest BCUT2D eigenvalue weighted by atomic mass is 9.70. The number of anilines is 1. The fourth-order valence-corrected chi connectivity index (χ4v) is 5.30. The molecule has 2 aliphatic rings. The minimum Gasteiger partial charge on any atom is -0.497 e. The van der Waals surface area contributed by atoms with Crippen LogP contribution in [0.1, 0.15) is 29.5 Å². The Morgan fingerprint density at radius 3 is 2.48 bits per heavy atom. The van der Waals surface area contributed by atoms with Gasteiger partial charge < -0.3 is 19.7 Å². The Morgan fingerprint density at radius 2 is 1.76 bits per heavy atom. The van der Waals surface area contributed by atoms with Crippen LogP contribution in [0, 0.1) is 0 Å². The van der Waals surface area contributed by atoms with Crippen LogP contribution >= 0.6 is 0 Å². The average molecular weight is 443 g/mol. The standard InChI is InChI=1S/C28H30N2O3/c1-32-24-12-13-26-25(17-24)28(20-29-26)14-15-30(23(18-28)16-21-8-4-2-5-9-21)27(31)33-19-22-10-6-3-7-11-22/h2-13,17,23,29H,14-16,18-20H2,1H3. The van der Waals surface area contributed by atoms with E-state index in [9.17, 15) is 4.79 Å². The highest BCUT2D eigenvalue weighted by molar-refractivity contribution is 5.69. The molecule has 170 valence electrons. The quantitative estimate of drug-likeness (QED) is 0.575. The molecule has 0 radical (unpaired) electrons. The van der Waals surface area contributed by atoms with Crippen LogP contribution in [-0.4, -0.2) is 37.2 Å². The molecule has 5 rings (SSSR count). The third-order valence-corrected chi connectivity index (χ3v) is 7.07. The summed E-state index contributed by atoms with van der Waals surface area (Å²) < 4.78 is 11.3. The third kappa shape index (κ3) is 4.40. The lowest BCUT2D eigenvalue weighted by Gasteiger charge is -2.44. The summed E-state index contributed by atoms with van der Waals surface area (Å²) in [5.41, 5.74) is 4.70. The number of rotatable bonds is 5. The molecule has 5 nitrogen and oxygen atoms in total. The number of methoxy groups -OCH3 is 1. The Bertz CT molecular complexity index is 1100. The fourth-order valence-electron chi connectivity index (χ4n) is 5.30. The zero-order chi connectivity index (χ0) is 22.7. The van der Waals surface area contributed by atoms with E-state index in [0.717, 1.165) is 37.1 Å². The number of carbonyl (C=O) groups is 1. The summed E-state index contributed by atoms with van der Waals surface area (Å²) in [6.45, 7) is 1.85. The van der Waals surface area contributed by atoms with Gasteiger partial charge in [-0.2, -0.15) is 0 Å². The molecular formula is C28H30N2O3. The van der Waals surface area contributed by atoms with E-state index in [1.54, 1.807) is 7.11 Å². The smallest absolute Gasteiger partial charge is 0.410 e. The number of piperidine rings is 1. The molecule has 3 aromatic rings. The highest BCUT2D eigenvalue weighted by Gasteiger charge is 2.46. The number of nitrogens with one attached hydrogen (secondary N) is 1. The van der Waals surface area contributed by atoms with Crippen molar-refractivity contribution >= 4 is 11.8 Å². The van der Waals surface area contributed by atoms with Crippen molar-refractivity contribution in [3.8, 4) is 5.75 Å². The summed E-state index contributed by atoms with van der Waals surface area (Å²) in [7, 11) is 1.71. The first kappa shape index (κ1) is 21.4. The van der Waals surface area contributed by atoms with Crippen molar-refractivity contribution in [2.24, 2.45) is 0 Å². The first-order valence-electron chi connectivity index (χ1n) is 11.6. The largest absolute Gasteiger partial charge is 0.497 e. The first-order chi connectivity index (χ1) is 16.2. The maximum Gasteiger partial charge on any atom is 0.410 e. The second kappa shape index (κ2) is 9.18. The maximum atomic E-state index is 13.2. The van der Waals surface area contributed by atoms with Crippen molar-refractivity contribution in [1.29, 1.82) is 0 Å². The molecule has 1 spiro atoms. The van der Waals surface area contributed by atoms with Gasteiger partial charge in [0, 0.05) is 30.2 Å². The van der Waals surface area contributed by atoms with Crippen LogP contribution in [0.3, 0.4) is 0 Å². The Balaban J connectivity index is 1.39. The van der Waals surface area contributed by atoms with E-state index >= 15 is 0 Å². The third-order valence-electron chi connectivity index (χ3n) is 7.07. The van der Waals surface area contributed by atoms with Crippen molar-refractivity contribution in [2.75, 3.05) is 25.5 Å². The van der Waals surface area contributed by atoms with Crippen LogP contribution in [0.15, 0.2) is 78.9 Å². The van der Waals surface area contributed by atoms with E-state index in [1.807, 2.05) is 47.4 Å². The topological polar surface area (TPSA) is 50.8 Å². The molecule has 2 heterocycles. The minimum absolute atomic E-state index is 0.0144. The molecule has 2 unspecified atom stereocenters. The normalized spacial score (nSPS) is 21.4. The zero-order valence-electron chi connectivity index (χ0n) is 19.0. The van der Waals surface area contributed by atoms with E-state index in [1.165, 1.54) is 16.8 Å². The average Bonchev–Trinajstić information content (AvgIpc) is 3.21. The lowest BCUT2D eigenvalue weighted by molar-refractivity contribution is 0.0526. The second-order valence-corrected chi connectivity index (χ2v) is 9.08. The molecular weight excluding hydrogens is 412 g/mol. The summed E-state index contributed by atoms with van der Waals surface area (Å²) in [4.78, 5) is 15.1.